The van der Waals surface area contributed by atoms with E-state index in [1.807, 2.05) is 27.7 Å². The fourth-order valence-electron chi connectivity index (χ4n) is 4.27. The Balaban J connectivity index is 1.63. The van der Waals surface area contributed by atoms with Crippen molar-refractivity contribution in [3.8, 4) is 22.6 Å². The smallest absolute Gasteiger partial charge is 0.408 e. The molecule has 208 valence electrons. The summed E-state index contributed by atoms with van der Waals surface area (Å²) in [5.41, 5.74) is 0.840. The quantitative estimate of drug-likeness (QED) is 0.271. The van der Waals surface area contributed by atoms with E-state index in [0.717, 1.165) is 12.1 Å². The molecule has 1 heterocycles. The fourth-order valence-corrected chi connectivity index (χ4v) is 4.27. The topological polar surface area (TPSA) is 76.5 Å². The molecular weight excluding hydrogens is 521 g/mol. The first kappa shape index (κ1) is 28.4. The molecule has 10 heteroatoms. The highest BCUT2D eigenvalue weighted by molar-refractivity contribution is 6.08. The van der Waals surface area contributed by atoms with Gasteiger partial charge in [0.15, 0.2) is 5.75 Å². The Labute approximate surface area is 230 Å². The number of ether oxygens (including phenoxy) is 1. The molecule has 0 saturated carbocycles. The number of hydrogen-bond donors (Lipinski definition) is 1. The second kappa shape index (κ2) is 11.3. The van der Waals surface area contributed by atoms with Crippen LogP contribution in [0.5, 0.6) is 5.75 Å². The van der Waals surface area contributed by atoms with Crippen molar-refractivity contribution in [3.63, 3.8) is 0 Å². The van der Waals surface area contributed by atoms with Crippen molar-refractivity contribution >= 4 is 17.7 Å². The number of rotatable bonds is 6. The number of carbonyl (C=O) groups is 2. The van der Waals surface area contributed by atoms with Crippen molar-refractivity contribution in [1.82, 2.24) is 14.7 Å². The van der Waals surface area contributed by atoms with Gasteiger partial charge in [0.1, 0.15) is 5.69 Å². The Morgan fingerprint density at radius 1 is 0.975 bits per heavy atom. The summed E-state index contributed by atoms with van der Waals surface area (Å²) in [6.07, 6.45) is -1.72. The van der Waals surface area contributed by atoms with Gasteiger partial charge in [-0.1, -0.05) is 30.3 Å². The average molecular weight is 551 g/mol. The maximum absolute atomic E-state index is 13.3. The molecule has 0 saturated heterocycles. The van der Waals surface area contributed by atoms with Gasteiger partial charge in [-0.15, -0.1) is 0 Å². The van der Waals surface area contributed by atoms with Crippen LogP contribution in [0.4, 0.5) is 23.7 Å². The molecule has 0 fully saturated rings. The van der Waals surface area contributed by atoms with Crippen LogP contribution in [0.1, 0.15) is 43.6 Å². The van der Waals surface area contributed by atoms with Crippen LogP contribution < -0.4 is 10.1 Å². The van der Waals surface area contributed by atoms with E-state index in [4.69, 9.17) is 4.74 Å². The lowest BCUT2D eigenvalue weighted by atomic mass is 9.98. The molecule has 0 spiro atoms. The third-order valence-corrected chi connectivity index (χ3v) is 6.21. The lowest BCUT2D eigenvalue weighted by molar-refractivity contribution is -0.137. The van der Waals surface area contributed by atoms with Crippen LogP contribution in [0.15, 0.2) is 85.2 Å². The predicted molar refractivity (Wildman–Crippen MR) is 147 cm³/mol. The first-order chi connectivity index (χ1) is 18.9. The molecule has 0 bridgehead atoms. The number of benzene rings is 3. The van der Waals surface area contributed by atoms with Gasteiger partial charge < -0.3 is 15.0 Å². The number of alkyl halides is 3. The maximum Gasteiger partial charge on any atom is 0.416 e. The summed E-state index contributed by atoms with van der Waals surface area (Å²) in [4.78, 5) is 27.9. The van der Waals surface area contributed by atoms with Gasteiger partial charge in [-0.3, -0.25) is 4.79 Å². The lowest BCUT2D eigenvalue weighted by Crippen LogP contribution is -2.46. The molecule has 0 aliphatic heterocycles. The fraction of sp³-hybridized carbons (Fsp3) is 0.233. The van der Waals surface area contributed by atoms with Crippen LogP contribution in [0.2, 0.25) is 0 Å². The molecule has 4 aromatic rings. The van der Waals surface area contributed by atoms with Gasteiger partial charge >= 0.3 is 12.3 Å². The van der Waals surface area contributed by atoms with Crippen molar-refractivity contribution < 1.29 is 27.5 Å². The third-order valence-electron chi connectivity index (χ3n) is 6.21. The normalized spacial score (nSPS) is 11.7. The molecule has 1 aromatic heterocycles. The summed E-state index contributed by atoms with van der Waals surface area (Å²) in [5.74, 6) is -0.212. The summed E-state index contributed by atoms with van der Waals surface area (Å²) in [7, 11) is 0. The molecule has 7 nitrogen and oxygen atoms in total. The van der Waals surface area contributed by atoms with E-state index < -0.39 is 29.3 Å². The van der Waals surface area contributed by atoms with Gasteiger partial charge in [-0.2, -0.15) is 18.3 Å². The van der Waals surface area contributed by atoms with E-state index in [2.05, 4.69) is 10.4 Å². The summed E-state index contributed by atoms with van der Waals surface area (Å²) in [6, 6.07) is 17.8. The third kappa shape index (κ3) is 6.33. The number of hydrogen-bond acceptors (Lipinski definition) is 4. The van der Waals surface area contributed by atoms with Crippen molar-refractivity contribution in [1.29, 1.82) is 0 Å². The molecule has 2 amide bonds. The Kier molecular flexibility index (Phi) is 7.99. The van der Waals surface area contributed by atoms with E-state index in [-0.39, 0.29) is 11.3 Å². The molecule has 3 aromatic carbocycles. The standard InChI is InChI=1S/C30H29F3N4O3/c1-5-36(29(2,3)4)28(39)40-26-16-15-22(19-25(26)37-18-8-17-34-37)35-27(38)24-10-7-6-9-23(24)20-11-13-21(14-12-20)30(31,32)33/h6-19H,5H2,1-4H3,(H,35,38). The highest BCUT2D eigenvalue weighted by atomic mass is 19.4. The Morgan fingerprint density at radius 3 is 2.27 bits per heavy atom. The number of halogens is 3. The molecule has 0 unspecified atom stereocenters. The number of aromatic nitrogens is 2. The average Bonchev–Trinajstić information content (AvgIpc) is 3.43. The van der Waals surface area contributed by atoms with Crippen LogP contribution in [0.25, 0.3) is 16.8 Å². The van der Waals surface area contributed by atoms with Crippen LogP contribution in [-0.4, -0.2) is 38.8 Å². The Bertz CT molecular complexity index is 1490. The number of anilines is 1. The van der Waals surface area contributed by atoms with Gasteiger partial charge in [0.2, 0.25) is 0 Å². The van der Waals surface area contributed by atoms with E-state index in [9.17, 15) is 22.8 Å². The highest BCUT2D eigenvalue weighted by Crippen LogP contribution is 2.33. The SMILES string of the molecule is CCN(C(=O)Oc1ccc(NC(=O)c2ccccc2-c2ccc(C(F)(F)F)cc2)cc1-n1cccn1)C(C)(C)C. The molecule has 1 N–H and O–H groups in total. The zero-order chi connectivity index (χ0) is 29.1. The largest absolute Gasteiger partial charge is 0.416 e. The van der Waals surface area contributed by atoms with Crippen LogP contribution in [-0.2, 0) is 6.18 Å². The van der Waals surface area contributed by atoms with Gasteiger partial charge in [-0.25, -0.2) is 9.48 Å². The van der Waals surface area contributed by atoms with Crippen molar-refractivity contribution in [2.24, 2.45) is 0 Å². The number of nitrogens with zero attached hydrogens (tertiary/aromatic N) is 3. The second-order valence-corrected chi connectivity index (χ2v) is 9.99. The summed E-state index contributed by atoms with van der Waals surface area (Å²) < 4.78 is 46.3. The number of nitrogens with one attached hydrogen (secondary N) is 1. The first-order valence-electron chi connectivity index (χ1n) is 12.6. The molecule has 0 aliphatic rings. The van der Waals surface area contributed by atoms with Crippen LogP contribution >= 0.6 is 0 Å². The molecule has 4 rings (SSSR count). The van der Waals surface area contributed by atoms with Crippen LogP contribution in [0.3, 0.4) is 0 Å². The van der Waals surface area contributed by atoms with E-state index >= 15 is 0 Å². The van der Waals surface area contributed by atoms with E-state index in [0.29, 0.717) is 29.0 Å². The Hall–Kier alpha value is -4.60. The van der Waals surface area contributed by atoms with Gasteiger partial charge in [0, 0.05) is 35.7 Å². The van der Waals surface area contributed by atoms with Gasteiger partial charge in [-0.05, 0) is 81.3 Å². The minimum Gasteiger partial charge on any atom is -0.408 e. The minimum absolute atomic E-state index is 0.250. The van der Waals surface area contributed by atoms with Crippen molar-refractivity contribution in [2.75, 3.05) is 11.9 Å². The lowest BCUT2D eigenvalue weighted by Gasteiger charge is -2.33. The molecule has 40 heavy (non-hydrogen) atoms. The Morgan fingerprint density at radius 2 is 1.68 bits per heavy atom. The van der Waals surface area contributed by atoms with E-state index in [1.165, 1.54) is 16.8 Å². The summed E-state index contributed by atoms with van der Waals surface area (Å²) in [6.45, 7) is 8.04. The number of amides is 2. The zero-order valence-electron chi connectivity index (χ0n) is 22.5. The molecule has 0 radical (unpaired) electrons. The van der Waals surface area contributed by atoms with Gasteiger partial charge in [0.05, 0.1) is 5.56 Å². The number of carbonyl (C=O) groups excluding carboxylic acids is 2. The molecular formula is C30H29F3N4O3. The van der Waals surface area contributed by atoms with Crippen molar-refractivity contribution in [2.45, 2.75) is 39.4 Å². The summed E-state index contributed by atoms with van der Waals surface area (Å²) >= 11 is 0. The maximum atomic E-state index is 13.3. The molecule has 0 atom stereocenters. The molecule has 0 aliphatic carbocycles. The zero-order valence-corrected chi connectivity index (χ0v) is 22.5. The minimum atomic E-state index is -4.45. The monoisotopic (exact) mass is 550 g/mol. The first-order valence-corrected chi connectivity index (χ1v) is 12.6. The van der Waals surface area contributed by atoms with Crippen LogP contribution in [0, 0.1) is 0 Å². The second-order valence-electron chi connectivity index (χ2n) is 9.99. The van der Waals surface area contributed by atoms with Gasteiger partial charge in [0.25, 0.3) is 5.91 Å². The van der Waals surface area contributed by atoms with E-state index in [1.54, 1.807) is 65.8 Å². The highest BCUT2D eigenvalue weighted by Gasteiger charge is 2.30. The predicted octanol–water partition coefficient (Wildman–Crippen LogP) is 7.43. The summed E-state index contributed by atoms with van der Waals surface area (Å²) in [5, 5.41) is 7.08. The van der Waals surface area contributed by atoms with Crippen molar-refractivity contribution in [3.05, 3.63) is 96.3 Å².